The van der Waals surface area contributed by atoms with Crippen LogP contribution in [0.4, 0.5) is 0 Å². The number of hydrogen-bond acceptors (Lipinski definition) is 3. The smallest absolute Gasteiger partial charge is 0.107 e. The van der Waals surface area contributed by atoms with Crippen LogP contribution in [0.2, 0.25) is 4.34 Å². The molecule has 0 bridgehead atoms. The SMILES string of the molecule is CCC1CCCCCN1C(CN)c1cc(Br)c(Cl)s1. The van der Waals surface area contributed by atoms with Gasteiger partial charge in [0.1, 0.15) is 4.34 Å². The van der Waals surface area contributed by atoms with Gasteiger partial charge in [0, 0.05) is 21.9 Å². The highest BCUT2D eigenvalue weighted by Gasteiger charge is 2.28. The molecular formula is C14H22BrClN2S. The highest BCUT2D eigenvalue weighted by atomic mass is 79.9. The molecule has 2 heterocycles. The van der Waals surface area contributed by atoms with Gasteiger partial charge in [0.05, 0.1) is 6.04 Å². The fourth-order valence-corrected chi connectivity index (χ4v) is 4.86. The fraction of sp³-hybridized carbons (Fsp3) is 0.714. The first-order valence-electron chi connectivity index (χ1n) is 7.07. The van der Waals surface area contributed by atoms with Gasteiger partial charge in [-0.1, -0.05) is 31.4 Å². The lowest BCUT2D eigenvalue weighted by atomic mass is 10.0. The molecule has 1 fully saturated rings. The quantitative estimate of drug-likeness (QED) is 0.829. The molecule has 2 nitrogen and oxygen atoms in total. The van der Waals surface area contributed by atoms with Crippen LogP contribution in [0.1, 0.15) is 49.9 Å². The van der Waals surface area contributed by atoms with Gasteiger partial charge in [-0.3, -0.25) is 4.90 Å². The minimum atomic E-state index is 0.317. The van der Waals surface area contributed by atoms with Gasteiger partial charge in [0.15, 0.2) is 0 Å². The van der Waals surface area contributed by atoms with Crippen molar-refractivity contribution < 1.29 is 0 Å². The van der Waals surface area contributed by atoms with Crippen LogP contribution in [0.3, 0.4) is 0 Å². The van der Waals surface area contributed by atoms with Gasteiger partial charge in [-0.25, -0.2) is 0 Å². The summed E-state index contributed by atoms with van der Waals surface area (Å²) in [5.74, 6) is 0. The van der Waals surface area contributed by atoms with E-state index in [2.05, 4.69) is 33.8 Å². The molecule has 5 heteroatoms. The zero-order chi connectivity index (χ0) is 13.8. The summed E-state index contributed by atoms with van der Waals surface area (Å²) < 4.78 is 1.83. The summed E-state index contributed by atoms with van der Waals surface area (Å²) in [7, 11) is 0. The zero-order valence-electron chi connectivity index (χ0n) is 11.4. The highest BCUT2D eigenvalue weighted by Crippen LogP contribution is 2.38. The molecule has 0 radical (unpaired) electrons. The monoisotopic (exact) mass is 364 g/mol. The standard InChI is InChI=1S/C14H22BrClN2S/c1-2-10-6-4-3-5-7-18(10)12(9-17)13-8-11(15)14(16)19-13/h8,10,12H,2-7,9,17H2,1H3. The van der Waals surface area contributed by atoms with E-state index in [0.29, 0.717) is 18.6 Å². The summed E-state index contributed by atoms with van der Waals surface area (Å²) >= 11 is 11.3. The maximum absolute atomic E-state index is 6.18. The number of likely N-dealkylation sites (tertiary alicyclic amines) is 1. The molecule has 1 saturated heterocycles. The van der Waals surface area contributed by atoms with E-state index >= 15 is 0 Å². The van der Waals surface area contributed by atoms with Gasteiger partial charge in [-0.05, 0) is 47.8 Å². The molecule has 2 unspecified atom stereocenters. The van der Waals surface area contributed by atoms with Gasteiger partial charge in [-0.15, -0.1) is 11.3 Å². The van der Waals surface area contributed by atoms with Gasteiger partial charge in [0.2, 0.25) is 0 Å². The topological polar surface area (TPSA) is 29.3 Å². The number of rotatable bonds is 4. The Kier molecular flexibility index (Phi) is 6.15. The third-order valence-corrected chi connectivity index (χ3v) is 6.59. The molecule has 2 rings (SSSR count). The molecule has 1 aromatic rings. The third kappa shape index (κ3) is 3.73. The second-order valence-electron chi connectivity index (χ2n) is 5.17. The van der Waals surface area contributed by atoms with Crippen molar-refractivity contribution in [2.24, 2.45) is 5.73 Å². The predicted molar refractivity (Wildman–Crippen MR) is 88.1 cm³/mol. The van der Waals surface area contributed by atoms with E-state index in [4.69, 9.17) is 17.3 Å². The number of hydrogen-bond donors (Lipinski definition) is 1. The first kappa shape index (κ1) is 15.8. The van der Waals surface area contributed by atoms with Crippen LogP contribution in [0.15, 0.2) is 10.5 Å². The number of nitrogens with two attached hydrogens (primary N) is 1. The van der Waals surface area contributed by atoms with Crippen LogP contribution in [-0.4, -0.2) is 24.0 Å². The maximum Gasteiger partial charge on any atom is 0.107 e. The second-order valence-corrected chi connectivity index (χ2v) is 7.71. The summed E-state index contributed by atoms with van der Waals surface area (Å²) in [4.78, 5) is 3.90. The normalized spacial score (nSPS) is 23.3. The van der Waals surface area contributed by atoms with E-state index in [-0.39, 0.29) is 0 Å². The molecule has 1 aliphatic rings. The van der Waals surface area contributed by atoms with Gasteiger partial charge < -0.3 is 5.73 Å². The molecule has 1 aromatic heterocycles. The van der Waals surface area contributed by atoms with Crippen molar-refractivity contribution in [3.63, 3.8) is 0 Å². The lowest BCUT2D eigenvalue weighted by Crippen LogP contribution is -2.40. The number of halogens is 2. The third-order valence-electron chi connectivity index (χ3n) is 4.01. The van der Waals surface area contributed by atoms with E-state index in [1.165, 1.54) is 37.0 Å². The Hall–Kier alpha value is 0.390. The maximum atomic E-state index is 6.18. The van der Waals surface area contributed by atoms with Crippen LogP contribution in [0, 0.1) is 0 Å². The average molecular weight is 366 g/mol. The van der Waals surface area contributed by atoms with Crippen molar-refractivity contribution in [3.8, 4) is 0 Å². The summed E-state index contributed by atoms with van der Waals surface area (Å²) in [5, 5.41) is 0. The molecule has 108 valence electrons. The largest absolute Gasteiger partial charge is 0.329 e. The number of nitrogens with zero attached hydrogens (tertiary/aromatic N) is 1. The van der Waals surface area contributed by atoms with Crippen molar-refractivity contribution >= 4 is 38.9 Å². The van der Waals surface area contributed by atoms with Crippen molar-refractivity contribution in [1.29, 1.82) is 0 Å². The Morgan fingerprint density at radius 2 is 2.32 bits per heavy atom. The van der Waals surface area contributed by atoms with Crippen LogP contribution >= 0.6 is 38.9 Å². The van der Waals surface area contributed by atoms with Gasteiger partial charge in [0.25, 0.3) is 0 Å². The average Bonchev–Trinajstić information content (AvgIpc) is 2.63. The summed E-state index contributed by atoms with van der Waals surface area (Å²) in [6, 6.07) is 3.12. The van der Waals surface area contributed by atoms with Gasteiger partial charge >= 0.3 is 0 Å². The van der Waals surface area contributed by atoms with E-state index in [1.54, 1.807) is 11.3 Å². The van der Waals surface area contributed by atoms with Crippen LogP contribution in [-0.2, 0) is 0 Å². The Morgan fingerprint density at radius 3 is 2.89 bits per heavy atom. The Balaban J connectivity index is 2.23. The number of thiophene rings is 1. The molecule has 1 aliphatic heterocycles. The lowest BCUT2D eigenvalue weighted by Gasteiger charge is -2.35. The van der Waals surface area contributed by atoms with E-state index in [9.17, 15) is 0 Å². The Morgan fingerprint density at radius 1 is 1.53 bits per heavy atom. The second kappa shape index (κ2) is 7.41. The lowest BCUT2D eigenvalue weighted by molar-refractivity contribution is 0.138. The van der Waals surface area contributed by atoms with Crippen LogP contribution < -0.4 is 5.73 Å². The molecule has 2 atom stereocenters. The Bertz CT molecular complexity index is 391. The summed E-state index contributed by atoms with van der Waals surface area (Å²) in [6.07, 6.45) is 6.48. The van der Waals surface area contributed by atoms with Crippen molar-refractivity contribution in [2.75, 3.05) is 13.1 Å². The van der Waals surface area contributed by atoms with E-state index in [1.807, 2.05) is 0 Å². The first-order valence-corrected chi connectivity index (χ1v) is 9.06. The highest BCUT2D eigenvalue weighted by molar-refractivity contribution is 9.10. The van der Waals surface area contributed by atoms with Gasteiger partial charge in [-0.2, -0.15) is 0 Å². The molecular weight excluding hydrogens is 344 g/mol. The predicted octanol–water partition coefficient (Wildman–Crippen LogP) is 4.82. The van der Waals surface area contributed by atoms with Crippen LogP contribution in [0.5, 0.6) is 0 Å². The first-order chi connectivity index (χ1) is 9.17. The molecule has 0 spiro atoms. The van der Waals surface area contributed by atoms with Crippen molar-refractivity contribution in [2.45, 2.75) is 51.1 Å². The molecule has 2 N–H and O–H groups in total. The minimum Gasteiger partial charge on any atom is -0.329 e. The molecule has 19 heavy (non-hydrogen) atoms. The molecule has 0 amide bonds. The fourth-order valence-electron chi connectivity index (χ4n) is 2.99. The van der Waals surface area contributed by atoms with Crippen molar-refractivity contribution in [3.05, 3.63) is 19.8 Å². The molecule has 0 saturated carbocycles. The van der Waals surface area contributed by atoms with E-state index < -0.39 is 0 Å². The van der Waals surface area contributed by atoms with E-state index in [0.717, 1.165) is 15.4 Å². The Labute approximate surface area is 133 Å². The summed E-state index contributed by atoms with van der Waals surface area (Å²) in [5.41, 5.74) is 6.07. The molecule has 0 aromatic carbocycles. The minimum absolute atomic E-state index is 0.317. The summed E-state index contributed by atoms with van der Waals surface area (Å²) in [6.45, 7) is 4.11. The van der Waals surface area contributed by atoms with Crippen LogP contribution in [0.25, 0.3) is 0 Å². The molecule has 0 aliphatic carbocycles. The van der Waals surface area contributed by atoms with Crippen molar-refractivity contribution in [1.82, 2.24) is 4.90 Å². The zero-order valence-corrected chi connectivity index (χ0v) is 14.5.